The Labute approximate surface area is 182 Å². The Morgan fingerprint density at radius 2 is 1.30 bits per heavy atom. The molecule has 0 heterocycles. The molecule has 0 aromatic rings. The molecule has 23 heavy (non-hydrogen) atoms. The van der Waals surface area contributed by atoms with Crippen molar-refractivity contribution in [1.82, 2.24) is 4.90 Å². The first kappa shape index (κ1) is 36.0. The molecular weight excluding hydrogens is 414 g/mol. The van der Waals surface area contributed by atoms with Gasteiger partial charge in [0.15, 0.2) is 0 Å². The molecule has 0 saturated heterocycles. The van der Waals surface area contributed by atoms with Crippen LogP contribution in [0.15, 0.2) is 0 Å². The summed E-state index contributed by atoms with van der Waals surface area (Å²) in [7, 11) is 18.0. The fourth-order valence-electron chi connectivity index (χ4n) is 1.06. The molecule has 0 aliphatic rings. The zero-order valence-electron chi connectivity index (χ0n) is 16.3. The molecule has 0 aromatic heterocycles. The Kier molecular flexibility index (Phi) is 45.2. The second-order valence-electron chi connectivity index (χ2n) is 5.81. The van der Waals surface area contributed by atoms with Gasteiger partial charge in [-0.1, -0.05) is 34.2 Å². The number of rotatable bonds is 8. The average molecular weight is 449 g/mol. The molecule has 0 fully saturated rings. The van der Waals surface area contributed by atoms with Gasteiger partial charge in [-0.25, -0.2) is 0 Å². The summed E-state index contributed by atoms with van der Waals surface area (Å²) in [5, 5.41) is 8.67. The van der Waals surface area contributed by atoms with E-state index in [9.17, 15) is 0 Å². The van der Waals surface area contributed by atoms with E-state index in [4.69, 9.17) is 20.2 Å². The van der Waals surface area contributed by atoms with Crippen molar-refractivity contribution in [3.63, 3.8) is 0 Å². The Balaban J connectivity index is -0.0000000746. The second kappa shape index (κ2) is 28.8. The summed E-state index contributed by atoms with van der Waals surface area (Å²) in [5.74, 6) is 0. The predicted octanol–water partition coefficient (Wildman–Crippen LogP) is -0.379. The zero-order valence-corrected chi connectivity index (χ0v) is 20.0. The minimum atomic E-state index is 0. The fourth-order valence-corrected chi connectivity index (χ4v) is 1.06. The van der Waals surface area contributed by atoms with Crippen LogP contribution in [-0.2, 0) is 30.2 Å². The number of nitrogens with zero attached hydrogens (tertiary/aromatic N) is 3. The van der Waals surface area contributed by atoms with E-state index in [1.165, 1.54) is 4.90 Å². The molecule has 9 heteroatoms. The van der Waals surface area contributed by atoms with Gasteiger partial charge in [0.25, 0.3) is 0 Å². The van der Waals surface area contributed by atoms with Gasteiger partial charge in [-0.3, -0.25) is 0 Å². The Hall–Kier alpha value is 2.06. The number of hydrogen-bond donors (Lipinski definition) is 1. The van der Waals surface area contributed by atoms with Crippen LogP contribution in [0.2, 0.25) is 0 Å². The maximum absolute atomic E-state index is 4.76. The van der Waals surface area contributed by atoms with Crippen molar-refractivity contribution in [3.8, 4) is 0 Å². The molecular formula is C14H35Cl2Fe2LiN4+2. The van der Waals surface area contributed by atoms with Crippen molar-refractivity contribution in [1.29, 1.82) is 0 Å². The van der Waals surface area contributed by atoms with Gasteiger partial charge in [-0.15, -0.1) is 18.6 Å². The minimum absolute atomic E-state index is 0. The van der Waals surface area contributed by atoms with Crippen LogP contribution in [0.1, 0.15) is 27.7 Å². The number of likely N-dealkylation sites (N-methyl/N-ethyl adjacent to an activating group) is 2. The Bertz CT molecular complexity index is 158. The third-order valence-electron chi connectivity index (χ3n) is 2.15. The van der Waals surface area contributed by atoms with Crippen molar-refractivity contribution in [2.75, 3.05) is 54.4 Å². The SMILES string of the molecule is CC(C)[N-]CCN(C)C.CC(C)[N-]CC[NH+](C)C.[Cl][Fe][Cl].[Fe+2].[Li+]. The number of hydrogen-bond acceptors (Lipinski definition) is 1. The third kappa shape index (κ3) is 59.2. The van der Waals surface area contributed by atoms with E-state index in [1.54, 1.807) is 0 Å². The van der Waals surface area contributed by atoms with Crippen LogP contribution in [0.3, 0.4) is 0 Å². The molecule has 140 valence electrons. The van der Waals surface area contributed by atoms with E-state index in [0.29, 0.717) is 12.1 Å². The molecule has 0 aromatic carbocycles. The first-order valence-electron chi connectivity index (χ1n) is 7.29. The Morgan fingerprint density at radius 3 is 1.57 bits per heavy atom. The van der Waals surface area contributed by atoms with Crippen LogP contribution in [-0.4, -0.2) is 71.4 Å². The number of quaternary nitrogens is 1. The first-order chi connectivity index (χ1) is 9.67. The van der Waals surface area contributed by atoms with Gasteiger partial charge in [0.05, 0.1) is 20.6 Å². The standard InChI is InChI=1S/2C7H17N2.2ClH.2Fe.Li/c2*1-7(2)8-5-6-9(3)4;;;;;/h2*7H,5-6H2,1-4H3;2*1H;;;/q2*-1;;;2*+2;+1/p-1. The maximum Gasteiger partial charge on any atom is 2.00 e. The van der Waals surface area contributed by atoms with Gasteiger partial charge in [0, 0.05) is 0 Å². The Morgan fingerprint density at radius 1 is 0.957 bits per heavy atom. The van der Waals surface area contributed by atoms with Crippen LogP contribution in [0.25, 0.3) is 10.6 Å². The largest absolute Gasteiger partial charge is 2.00 e. The third-order valence-corrected chi connectivity index (χ3v) is 2.15. The van der Waals surface area contributed by atoms with E-state index in [2.05, 4.69) is 71.4 Å². The van der Waals surface area contributed by atoms with Gasteiger partial charge < -0.3 is 20.4 Å². The van der Waals surface area contributed by atoms with Gasteiger partial charge >= 0.3 is 69.3 Å². The van der Waals surface area contributed by atoms with E-state index in [-0.39, 0.29) is 49.1 Å². The molecule has 1 N–H and O–H groups in total. The summed E-state index contributed by atoms with van der Waals surface area (Å²) in [5.41, 5.74) is 0. The van der Waals surface area contributed by atoms with Gasteiger partial charge in [-0.2, -0.15) is 0 Å². The van der Waals surface area contributed by atoms with Gasteiger partial charge in [0.1, 0.15) is 0 Å². The molecule has 0 bridgehead atoms. The van der Waals surface area contributed by atoms with E-state index < -0.39 is 0 Å². The van der Waals surface area contributed by atoms with Crippen LogP contribution >= 0.6 is 20.2 Å². The molecule has 0 spiro atoms. The van der Waals surface area contributed by atoms with Crippen molar-refractivity contribution in [2.45, 2.75) is 39.8 Å². The van der Waals surface area contributed by atoms with Crippen LogP contribution in [0.4, 0.5) is 0 Å². The molecule has 0 unspecified atom stereocenters. The van der Waals surface area contributed by atoms with Crippen molar-refractivity contribution in [3.05, 3.63) is 10.6 Å². The van der Waals surface area contributed by atoms with Gasteiger partial charge in [-0.05, 0) is 20.6 Å². The van der Waals surface area contributed by atoms with Crippen LogP contribution in [0, 0.1) is 0 Å². The normalized spacial score (nSPS) is 9.83. The molecule has 0 atom stereocenters. The van der Waals surface area contributed by atoms with Crippen molar-refractivity contribution >= 4 is 20.2 Å². The minimum Gasteiger partial charge on any atom is 1.00 e. The van der Waals surface area contributed by atoms with E-state index in [1.807, 2.05) is 0 Å². The first-order valence-corrected chi connectivity index (χ1v) is 10.3. The summed E-state index contributed by atoms with van der Waals surface area (Å²) in [6, 6.07) is 0.995. The average Bonchev–Trinajstić information content (AvgIpc) is 2.28. The zero-order chi connectivity index (χ0) is 17.3. The predicted molar refractivity (Wildman–Crippen MR) is 94.7 cm³/mol. The molecule has 0 rings (SSSR count). The second-order valence-corrected chi connectivity index (χ2v) is 7.63. The molecule has 0 saturated carbocycles. The van der Waals surface area contributed by atoms with Crippen molar-refractivity contribution in [2.24, 2.45) is 0 Å². The van der Waals surface area contributed by atoms with Crippen LogP contribution in [0.5, 0.6) is 0 Å². The van der Waals surface area contributed by atoms with E-state index in [0.717, 1.165) is 26.2 Å². The van der Waals surface area contributed by atoms with Gasteiger partial charge in [0.2, 0.25) is 0 Å². The topological polar surface area (TPSA) is 35.9 Å². The molecule has 0 amide bonds. The smallest absolute Gasteiger partial charge is 1.00 e. The maximum atomic E-state index is 4.76. The molecule has 4 nitrogen and oxygen atoms in total. The summed E-state index contributed by atoms with van der Waals surface area (Å²) >= 11 is 0.194. The van der Waals surface area contributed by atoms with Crippen LogP contribution < -0.4 is 23.8 Å². The molecule has 0 radical (unpaired) electrons. The molecule has 0 aliphatic carbocycles. The fraction of sp³-hybridized carbons (Fsp3) is 1.00. The summed E-state index contributed by atoms with van der Waals surface area (Å²) in [6.45, 7) is 12.6. The number of nitrogens with one attached hydrogen (secondary N) is 1. The molecule has 0 aliphatic heterocycles. The number of halogens is 2. The summed E-state index contributed by atoms with van der Waals surface area (Å²) in [4.78, 5) is 3.62. The van der Waals surface area contributed by atoms with E-state index >= 15 is 0 Å². The van der Waals surface area contributed by atoms with Crippen molar-refractivity contribution < 1.29 is 54.0 Å². The summed E-state index contributed by atoms with van der Waals surface area (Å²) in [6.07, 6.45) is 0. The summed E-state index contributed by atoms with van der Waals surface area (Å²) < 4.78 is 0. The monoisotopic (exact) mass is 448 g/mol. The quantitative estimate of drug-likeness (QED) is 0.505.